The highest BCUT2D eigenvalue weighted by molar-refractivity contribution is 9.09. The highest BCUT2D eigenvalue weighted by atomic mass is 79.9. The zero-order valence-electron chi connectivity index (χ0n) is 10.4. The molecule has 3 nitrogen and oxygen atoms in total. The second-order valence-electron chi connectivity index (χ2n) is 4.35. The Hall–Kier alpha value is -1.34. The fourth-order valence-electron chi connectivity index (χ4n) is 1.56. The molecule has 1 unspecified atom stereocenters. The molecule has 0 aromatic heterocycles. The van der Waals surface area contributed by atoms with Crippen molar-refractivity contribution < 1.29 is 4.79 Å². The van der Waals surface area contributed by atoms with E-state index in [2.05, 4.69) is 28.2 Å². The second kappa shape index (κ2) is 7.88. The van der Waals surface area contributed by atoms with Gasteiger partial charge in [-0.25, -0.2) is 0 Å². The van der Waals surface area contributed by atoms with Crippen LogP contribution in [0.4, 0.5) is 0 Å². The maximum Gasteiger partial charge on any atom is 0.251 e. The molecule has 0 bridgehead atoms. The molecule has 0 aliphatic rings. The summed E-state index contributed by atoms with van der Waals surface area (Å²) in [5.41, 5.74) is 1.05. The Bertz CT molecular complexity index is 440. The molecular weight excluding hydrogens is 292 g/mol. The molecule has 0 heterocycles. The minimum Gasteiger partial charge on any atom is -0.352 e. The van der Waals surface area contributed by atoms with Crippen molar-refractivity contribution in [3.05, 3.63) is 35.4 Å². The molecule has 0 saturated heterocycles. The lowest BCUT2D eigenvalue weighted by atomic mass is 10.1. The summed E-state index contributed by atoms with van der Waals surface area (Å²) in [6.45, 7) is 2.85. The molecule has 1 N–H and O–H groups in total. The van der Waals surface area contributed by atoms with Crippen LogP contribution in [-0.2, 0) is 0 Å². The lowest BCUT2D eigenvalue weighted by Gasteiger charge is -2.08. The van der Waals surface area contributed by atoms with Crippen molar-refractivity contribution in [2.24, 2.45) is 5.92 Å². The average Bonchev–Trinajstić information content (AvgIpc) is 2.43. The molecule has 96 valence electrons. The molecular formula is C14H17BrN2O. The van der Waals surface area contributed by atoms with Crippen molar-refractivity contribution in [2.75, 3.05) is 11.9 Å². The first kappa shape index (κ1) is 14.7. The van der Waals surface area contributed by atoms with Crippen LogP contribution in [0.25, 0.3) is 0 Å². The van der Waals surface area contributed by atoms with Gasteiger partial charge in [0, 0.05) is 17.4 Å². The fourth-order valence-corrected chi connectivity index (χ4v) is 1.89. The first-order chi connectivity index (χ1) is 8.67. The van der Waals surface area contributed by atoms with Gasteiger partial charge >= 0.3 is 0 Å². The van der Waals surface area contributed by atoms with E-state index in [-0.39, 0.29) is 5.91 Å². The normalized spacial score (nSPS) is 11.6. The zero-order chi connectivity index (χ0) is 13.4. The number of alkyl halides is 1. The monoisotopic (exact) mass is 308 g/mol. The van der Waals surface area contributed by atoms with Crippen LogP contribution < -0.4 is 5.32 Å². The minimum absolute atomic E-state index is 0.112. The van der Waals surface area contributed by atoms with Crippen molar-refractivity contribution >= 4 is 21.8 Å². The standard InChI is InChI=1S/C14H17BrN2O/c1-11(9-15)4-3-7-17-14(18)13-6-2-5-12(8-13)10-16/h2,5-6,8,11H,3-4,7,9H2,1H3,(H,17,18). The molecule has 1 aromatic carbocycles. The number of hydrogen-bond donors (Lipinski definition) is 1. The SMILES string of the molecule is CC(CBr)CCCNC(=O)c1cccc(C#N)c1. The first-order valence-corrected chi connectivity index (χ1v) is 7.14. The Morgan fingerprint density at radius 3 is 3.00 bits per heavy atom. The topological polar surface area (TPSA) is 52.9 Å². The number of rotatable bonds is 6. The summed E-state index contributed by atoms with van der Waals surface area (Å²) < 4.78 is 0. The molecule has 18 heavy (non-hydrogen) atoms. The van der Waals surface area contributed by atoms with E-state index in [4.69, 9.17) is 5.26 Å². The first-order valence-electron chi connectivity index (χ1n) is 6.01. The smallest absolute Gasteiger partial charge is 0.251 e. The molecule has 4 heteroatoms. The largest absolute Gasteiger partial charge is 0.352 e. The van der Waals surface area contributed by atoms with E-state index in [1.165, 1.54) is 0 Å². The third-order valence-corrected chi connectivity index (χ3v) is 3.78. The minimum atomic E-state index is -0.112. The summed E-state index contributed by atoms with van der Waals surface area (Å²) in [4.78, 5) is 11.8. The predicted molar refractivity (Wildman–Crippen MR) is 75.7 cm³/mol. The van der Waals surface area contributed by atoms with E-state index >= 15 is 0 Å². The number of nitrogens with one attached hydrogen (secondary N) is 1. The number of nitrogens with zero attached hydrogens (tertiary/aromatic N) is 1. The van der Waals surface area contributed by atoms with E-state index in [1.807, 2.05) is 6.07 Å². The van der Waals surface area contributed by atoms with Gasteiger partial charge in [-0.15, -0.1) is 0 Å². The Kier molecular flexibility index (Phi) is 6.45. The van der Waals surface area contributed by atoms with Gasteiger partial charge in [0.15, 0.2) is 0 Å². The Morgan fingerprint density at radius 1 is 1.56 bits per heavy atom. The summed E-state index contributed by atoms with van der Waals surface area (Å²) in [6.07, 6.45) is 2.06. The summed E-state index contributed by atoms with van der Waals surface area (Å²) in [7, 11) is 0. The Balaban J connectivity index is 2.39. The van der Waals surface area contributed by atoms with Crippen LogP contribution in [0.15, 0.2) is 24.3 Å². The number of carbonyl (C=O) groups excluding carboxylic acids is 1. The van der Waals surface area contributed by atoms with Crippen molar-refractivity contribution in [1.82, 2.24) is 5.32 Å². The maximum absolute atomic E-state index is 11.8. The second-order valence-corrected chi connectivity index (χ2v) is 5.00. The quantitative estimate of drug-likeness (QED) is 0.648. The summed E-state index contributed by atoms with van der Waals surface area (Å²) in [6, 6.07) is 8.77. The lowest BCUT2D eigenvalue weighted by Crippen LogP contribution is -2.24. The molecule has 0 radical (unpaired) electrons. The van der Waals surface area contributed by atoms with Crippen LogP contribution in [-0.4, -0.2) is 17.8 Å². The Morgan fingerprint density at radius 2 is 2.33 bits per heavy atom. The van der Waals surface area contributed by atoms with E-state index in [0.717, 1.165) is 18.2 Å². The van der Waals surface area contributed by atoms with Crippen molar-refractivity contribution in [3.63, 3.8) is 0 Å². The van der Waals surface area contributed by atoms with E-state index in [0.29, 0.717) is 23.6 Å². The number of carbonyl (C=O) groups is 1. The van der Waals surface area contributed by atoms with Gasteiger partial charge in [0.1, 0.15) is 0 Å². The molecule has 1 atom stereocenters. The summed E-state index contributed by atoms with van der Waals surface area (Å²) >= 11 is 3.43. The number of halogens is 1. The zero-order valence-corrected chi connectivity index (χ0v) is 12.0. The molecule has 1 amide bonds. The summed E-state index contributed by atoms with van der Waals surface area (Å²) in [5, 5.41) is 12.6. The van der Waals surface area contributed by atoms with Crippen molar-refractivity contribution in [1.29, 1.82) is 5.26 Å². The van der Waals surface area contributed by atoms with E-state index < -0.39 is 0 Å². The molecule has 1 rings (SSSR count). The highest BCUT2D eigenvalue weighted by Gasteiger charge is 2.06. The molecule has 0 spiro atoms. The van der Waals surface area contributed by atoms with E-state index in [9.17, 15) is 4.79 Å². The number of benzene rings is 1. The summed E-state index contributed by atoms with van der Waals surface area (Å²) in [5.74, 6) is 0.516. The van der Waals surface area contributed by atoms with Gasteiger partial charge in [-0.2, -0.15) is 5.26 Å². The third kappa shape index (κ3) is 4.89. The van der Waals surface area contributed by atoms with Gasteiger partial charge in [0.05, 0.1) is 11.6 Å². The molecule has 0 aliphatic carbocycles. The van der Waals surface area contributed by atoms with E-state index in [1.54, 1.807) is 24.3 Å². The molecule has 1 aromatic rings. The maximum atomic E-state index is 11.8. The third-order valence-electron chi connectivity index (χ3n) is 2.68. The van der Waals surface area contributed by atoms with Gasteiger partial charge in [-0.05, 0) is 37.0 Å². The predicted octanol–water partition coefficient (Wildman–Crippen LogP) is 3.10. The van der Waals surface area contributed by atoms with Crippen LogP contribution in [0.2, 0.25) is 0 Å². The highest BCUT2D eigenvalue weighted by Crippen LogP contribution is 2.08. The van der Waals surface area contributed by atoms with Crippen LogP contribution in [0, 0.1) is 17.2 Å². The number of amides is 1. The lowest BCUT2D eigenvalue weighted by molar-refractivity contribution is 0.0952. The Labute approximate surface area is 116 Å². The van der Waals surface area contributed by atoms with Gasteiger partial charge in [0.25, 0.3) is 5.91 Å². The average molecular weight is 309 g/mol. The van der Waals surface area contributed by atoms with Crippen molar-refractivity contribution in [2.45, 2.75) is 19.8 Å². The molecule has 0 fully saturated rings. The van der Waals surface area contributed by atoms with Gasteiger partial charge in [-0.1, -0.05) is 28.9 Å². The molecule has 0 aliphatic heterocycles. The number of hydrogen-bond acceptors (Lipinski definition) is 2. The fraction of sp³-hybridized carbons (Fsp3) is 0.429. The van der Waals surface area contributed by atoms with Crippen molar-refractivity contribution in [3.8, 4) is 6.07 Å². The van der Waals surface area contributed by atoms with Gasteiger partial charge in [0.2, 0.25) is 0 Å². The number of nitriles is 1. The van der Waals surface area contributed by atoms with Gasteiger partial charge in [-0.3, -0.25) is 4.79 Å². The van der Waals surface area contributed by atoms with Crippen LogP contribution in [0.1, 0.15) is 35.7 Å². The van der Waals surface area contributed by atoms with Crippen LogP contribution in [0.5, 0.6) is 0 Å². The van der Waals surface area contributed by atoms with Gasteiger partial charge < -0.3 is 5.32 Å². The molecule has 0 saturated carbocycles. The van der Waals surface area contributed by atoms with Crippen LogP contribution in [0.3, 0.4) is 0 Å². The van der Waals surface area contributed by atoms with Crippen LogP contribution >= 0.6 is 15.9 Å².